The van der Waals surface area contributed by atoms with E-state index < -0.39 is 5.54 Å². The van der Waals surface area contributed by atoms with Crippen LogP contribution < -0.4 is 0 Å². The predicted octanol–water partition coefficient (Wildman–Crippen LogP) is 3.11. The second kappa shape index (κ2) is 4.05. The highest BCUT2D eigenvalue weighted by molar-refractivity contribution is 6.09. The number of esters is 1. The van der Waals surface area contributed by atoms with E-state index in [2.05, 4.69) is 13.0 Å². The number of hydrogen-bond acceptors (Lipinski definition) is 3. The Labute approximate surface area is 118 Å². The minimum Gasteiger partial charge on any atom is -0.405 e. The van der Waals surface area contributed by atoms with Crippen LogP contribution in [0.3, 0.4) is 0 Å². The van der Waals surface area contributed by atoms with Crippen molar-refractivity contribution in [1.82, 2.24) is 0 Å². The summed E-state index contributed by atoms with van der Waals surface area (Å²) < 4.78 is 5.51. The normalized spacial score (nSPS) is 35.0. The van der Waals surface area contributed by atoms with Crippen molar-refractivity contribution in [2.45, 2.75) is 31.7 Å². The van der Waals surface area contributed by atoms with Gasteiger partial charge < -0.3 is 4.74 Å². The second-order valence-corrected chi connectivity index (χ2v) is 5.91. The Morgan fingerprint density at radius 2 is 2.10 bits per heavy atom. The van der Waals surface area contributed by atoms with Crippen LogP contribution in [0.1, 0.15) is 31.7 Å². The standard InChI is InChI=1S/C17H17NO2/c1-11-13-9-5-6-10-14(13)17(11)16(19)20-15(18-17)12-7-3-2-4-8-12/h2-4,7-9,11,14H,5-6,10H2,1H3/t11?,14-,17-/m0/s1. The molecule has 3 heteroatoms. The molecule has 0 saturated heterocycles. The Kier molecular flexibility index (Phi) is 2.40. The molecule has 0 aromatic heterocycles. The molecule has 1 unspecified atom stereocenters. The lowest BCUT2D eigenvalue weighted by Crippen LogP contribution is -2.59. The minimum atomic E-state index is -0.641. The molecule has 20 heavy (non-hydrogen) atoms. The van der Waals surface area contributed by atoms with Gasteiger partial charge >= 0.3 is 5.97 Å². The summed E-state index contributed by atoms with van der Waals surface area (Å²) in [4.78, 5) is 17.2. The van der Waals surface area contributed by atoms with Crippen molar-refractivity contribution >= 4 is 11.9 Å². The molecular weight excluding hydrogens is 250 g/mol. The van der Waals surface area contributed by atoms with Crippen LogP contribution in [-0.4, -0.2) is 17.4 Å². The Morgan fingerprint density at radius 3 is 2.90 bits per heavy atom. The van der Waals surface area contributed by atoms with Crippen LogP contribution in [0.5, 0.6) is 0 Å². The summed E-state index contributed by atoms with van der Waals surface area (Å²) in [5, 5.41) is 0. The maximum atomic E-state index is 12.5. The summed E-state index contributed by atoms with van der Waals surface area (Å²) in [6, 6.07) is 9.70. The fraction of sp³-hybridized carbons (Fsp3) is 0.412. The fourth-order valence-electron chi connectivity index (χ4n) is 3.92. The lowest BCUT2D eigenvalue weighted by atomic mass is 9.53. The molecule has 0 amide bonds. The minimum absolute atomic E-state index is 0.159. The van der Waals surface area contributed by atoms with Gasteiger partial charge in [0.15, 0.2) is 5.54 Å². The van der Waals surface area contributed by atoms with E-state index in [4.69, 9.17) is 9.73 Å². The molecule has 1 aromatic rings. The number of allylic oxidation sites excluding steroid dienone is 1. The topological polar surface area (TPSA) is 38.7 Å². The lowest BCUT2D eigenvalue weighted by Gasteiger charge is -2.51. The van der Waals surface area contributed by atoms with Crippen molar-refractivity contribution in [3.63, 3.8) is 0 Å². The number of aliphatic imine (C=N–C) groups is 1. The molecule has 3 nitrogen and oxygen atoms in total. The monoisotopic (exact) mass is 267 g/mol. The van der Waals surface area contributed by atoms with Crippen LogP contribution in [0.25, 0.3) is 0 Å². The molecule has 1 saturated carbocycles. The number of nitrogens with zero attached hydrogens (tertiary/aromatic N) is 1. The zero-order valence-electron chi connectivity index (χ0n) is 11.5. The van der Waals surface area contributed by atoms with E-state index in [0.29, 0.717) is 5.90 Å². The highest BCUT2D eigenvalue weighted by Gasteiger charge is 2.65. The first-order valence-corrected chi connectivity index (χ1v) is 7.31. The van der Waals surface area contributed by atoms with Gasteiger partial charge in [-0.05, 0) is 31.4 Å². The van der Waals surface area contributed by atoms with E-state index in [-0.39, 0.29) is 17.8 Å². The largest absolute Gasteiger partial charge is 0.405 e. The number of benzene rings is 1. The van der Waals surface area contributed by atoms with Gasteiger partial charge in [-0.15, -0.1) is 0 Å². The van der Waals surface area contributed by atoms with Gasteiger partial charge in [0.2, 0.25) is 5.90 Å². The average Bonchev–Trinajstić information content (AvgIpc) is 2.88. The summed E-state index contributed by atoms with van der Waals surface area (Å²) >= 11 is 0. The Balaban J connectivity index is 1.76. The SMILES string of the molecule is CC1C2=CCCC[C@@H]2[C@@]12N=C(c1ccccc1)OC2=O. The van der Waals surface area contributed by atoms with Gasteiger partial charge in [0.1, 0.15) is 0 Å². The zero-order valence-corrected chi connectivity index (χ0v) is 11.5. The first-order chi connectivity index (χ1) is 9.73. The van der Waals surface area contributed by atoms with Gasteiger partial charge in [0, 0.05) is 17.4 Å². The van der Waals surface area contributed by atoms with Crippen LogP contribution in [0.15, 0.2) is 47.0 Å². The van der Waals surface area contributed by atoms with E-state index in [0.717, 1.165) is 24.8 Å². The van der Waals surface area contributed by atoms with Crippen LogP contribution in [0.2, 0.25) is 0 Å². The van der Waals surface area contributed by atoms with Gasteiger partial charge in [-0.1, -0.05) is 36.8 Å². The zero-order chi connectivity index (χ0) is 13.7. The molecule has 1 fully saturated rings. The number of rotatable bonds is 1. The summed E-state index contributed by atoms with van der Waals surface area (Å²) in [6.07, 6.45) is 5.63. The number of ether oxygens (including phenoxy) is 1. The predicted molar refractivity (Wildman–Crippen MR) is 76.4 cm³/mol. The average molecular weight is 267 g/mol. The van der Waals surface area contributed by atoms with Crippen molar-refractivity contribution < 1.29 is 9.53 Å². The van der Waals surface area contributed by atoms with Crippen LogP contribution in [0.4, 0.5) is 0 Å². The molecule has 2 aliphatic carbocycles. The summed E-state index contributed by atoms with van der Waals surface area (Å²) in [6.45, 7) is 2.10. The fourth-order valence-corrected chi connectivity index (χ4v) is 3.92. The molecule has 0 radical (unpaired) electrons. The van der Waals surface area contributed by atoms with Gasteiger partial charge in [-0.25, -0.2) is 9.79 Å². The summed E-state index contributed by atoms with van der Waals surface area (Å²) in [5.41, 5.74) is 1.65. The molecule has 1 aliphatic heterocycles. The van der Waals surface area contributed by atoms with Gasteiger partial charge in [-0.3, -0.25) is 0 Å². The van der Waals surface area contributed by atoms with E-state index in [1.165, 1.54) is 5.57 Å². The Morgan fingerprint density at radius 1 is 1.30 bits per heavy atom. The molecule has 1 spiro atoms. The van der Waals surface area contributed by atoms with Gasteiger partial charge in [0.25, 0.3) is 0 Å². The van der Waals surface area contributed by atoms with Crippen LogP contribution >= 0.6 is 0 Å². The Bertz CT molecular complexity index is 632. The third-order valence-electron chi connectivity index (χ3n) is 4.99. The molecular formula is C17H17NO2. The van der Waals surface area contributed by atoms with Gasteiger partial charge in [-0.2, -0.15) is 0 Å². The van der Waals surface area contributed by atoms with Crippen molar-refractivity contribution in [1.29, 1.82) is 0 Å². The molecule has 1 heterocycles. The van der Waals surface area contributed by atoms with Gasteiger partial charge in [0.05, 0.1) is 0 Å². The van der Waals surface area contributed by atoms with Crippen molar-refractivity contribution in [3.8, 4) is 0 Å². The summed E-state index contributed by atoms with van der Waals surface area (Å²) in [5.74, 6) is 0.779. The van der Waals surface area contributed by atoms with E-state index in [1.54, 1.807) is 0 Å². The first-order valence-electron chi connectivity index (χ1n) is 7.31. The van der Waals surface area contributed by atoms with Crippen LogP contribution in [-0.2, 0) is 9.53 Å². The maximum absolute atomic E-state index is 12.5. The molecule has 1 aromatic carbocycles. The summed E-state index contributed by atoms with van der Waals surface area (Å²) in [7, 11) is 0. The lowest BCUT2D eigenvalue weighted by molar-refractivity contribution is -0.145. The van der Waals surface area contributed by atoms with Crippen molar-refractivity contribution in [3.05, 3.63) is 47.5 Å². The quantitative estimate of drug-likeness (QED) is 0.579. The molecule has 0 N–H and O–H groups in total. The molecule has 0 bridgehead atoms. The van der Waals surface area contributed by atoms with E-state index >= 15 is 0 Å². The van der Waals surface area contributed by atoms with Crippen molar-refractivity contribution in [2.24, 2.45) is 16.8 Å². The van der Waals surface area contributed by atoms with E-state index in [1.807, 2.05) is 30.3 Å². The third kappa shape index (κ3) is 1.35. The van der Waals surface area contributed by atoms with Crippen LogP contribution in [0, 0.1) is 11.8 Å². The highest BCUT2D eigenvalue weighted by atomic mass is 16.6. The second-order valence-electron chi connectivity index (χ2n) is 5.91. The number of hydrogen-bond donors (Lipinski definition) is 0. The molecule has 3 aliphatic rings. The Hall–Kier alpha value is -1.90. The molecule has 3 atom stereocenters. The third-order valence-corrected chi connectivity index (χ3v) is 4.99. The first kappa shape index (κ1) is 11.9. The van der Waals surface area contributed by atoms with E-state index in [9.17, 15) is 4.79 Å². The number of fused-ring (bicyclic) bond motifs is 2. The number of carbonyl (C=O) groups is 1. The molecule has 4 rings (SSSR count). The maximum Gasteiger partial charge on any atom is 0.342 e. The number of carbonyl (C=O) groups excluding carboxylic acids is 1. The number of cyclic esters (lactones) is 1. The smallest absolute Gasteiger partial charge is 0.342 e. The molecule has 102 valence electrons. The van der Waals surface area contributed by atoms with Crippen molar-refractivity contribution in [2.75, 3.05) is 0 Å². The highest BCUT2D eigenvalue weighted by Crippen LogP contribution is 2.57.